The Labute approximate surface area is 224 Å². The van der Waals surface area contributed by atoms with Crippen LogP contribution >= 0.6 is 0 Å². The monoisotopic (exact) mass is 536 g/mol. The van der Waals surface area contributed by atoms with Gasteiger partial charge in [0.05, 0.1) is 16.6 Å². The molecule has 0 spiro atoms. The number of carbonyl (C=O) groups excluding carboxylic acids is 1. The third kappa shape index (κ3) is 5.67. The van der Waals surface area contributed by atoms with E-state index in [-0.39, 0.29) is 36.4 Å². The molecule has 2 aromatic carbocycles. The third-order valence-electron chi connectivity index (χ3n) is 7.28. The lowest BCUT2D eigenvalue weighted by Gasteiger charge is -2.33. The molecule has 1 aromatic heterocycles. The maximum atomic E-state index is 13.3. The molecule has 202 valence electrons. The van der Waals surface area contributed by atoms with Crippen molar-refractivity contribution in [3.8, 4) is 0 Å². The molecule has 2 heterocycles. The summed E-state index contributed by atoms with van der Waals surface area (Å²) in [5, 5.41) is 15.1. The Morgan fingerprint density at radius 3 is 2.76 bits per heavy atom. The molecular weight excluding hydrogens is 500 g/mol. The molecule has 2 atom stereocenters. The SMILES string of the molecule is CC(C)CNCc1ccc2c(c1)CCC[C@H]2n1cc(CC2C(=O)NCCN2S(=O)(=O)c2ccccc2)nn1. The average Bonchev–Trinajstić information content (AvgIpc) is 3.38. The highest BCUT2D eigenvalue weighted by atomic mass is 32.2. The van der Waals surface area contributed by atoms with Gasteiger partial charge in [-0.1, -0.05) is 55.5 Å². The van der Waals surface area contributed by atoms with E-state index in [0.29, 0.717) is 11.6 Å². The number of rotatable bonds is 9. The van der Waals surface area contributed by atoms with Crippen molar-refractivity contribution in [3.63, 3.8) is 0 Å². The molecule has 5 rings (SSSR count). The first-order valence-corrected chi connectivity index (χ1v) is 14.8. The van der Waals surface area contributed by atoms with Crippen molar-refractivity contribution >= 4 is 15.9 Å². The van der Waals surface area contributed by atoms with E-state index >= 15 is 0 Å². The molecule has 2 aliphatic rings. The van der Waals surface area contributed by atoms with Crippen molar-refractivity contribution in [1.82, 2.24) is 29.9 Å². The molecule has 1 aliphatic carbocycles. The minimum absolute atomic E-state index is 0.0713. The fraction of sp³-hybridized carbons (Fsp3) is 0.464. The van der Waals surface area contributed by atoms with Crippen LogP contribution in [-0.2, 0) is 34.2 Å². The van der Waals surface area contributed by atoms with Crippen LogP contribution in [0.5, 0.6) is 0 Å². The molecule has 2 N–H and O–H groups in total. The summed E-state index contributed by atoms with van der Waals surface area (Å²) in [5.74, 6) is 0.302. The summed E-state index contributed by atoms with van der Waals surface area (Å²) in [6.45, 7) is 6.75. The lowest BCUT2D eigenvalue weighted by atomic mass is 9.86. The van der Waals surface area contributed by atoms with Crippen molar-refractivity contribution in [3.05, 3.63) is 77.1 Å². The average molecular weight is 537 g/mol. The van der Waals surface area contributed by atoms with Crippen LogP contribution in [0.4, 0.5) is 0 Å². The van der Waals surface area contributed by atoms with Crippen molar-refractivity contribution in [1.29, 1.82) is 0 Å². The number of nitrogens with one attached hydrogen (secondary N) is 2. The highest BCUT2D eigenvalue weighted by Gasteiger charge is 2.39. The number of fused-ring (bicyclic) bond motifs is 1. The molecule has 0 radical (unpaired) electrons. The molecule has 10 heteroatoms. The van der Waals surface area contributed by atoms with Gasteiger partial charge in [-0.15, -0.1) is 5.10 Å². The van der Waals surface area contributed by atoms with Gasteiger partial charge < -0.3 is 10.6 Å². The second-order valence-electron chi connectivity index (χ2n) is 10.6. The van der Waals surface area contributed by atoms with E-state index in [4.69, 9.17) is 0 Å². The molecule has 0 saturated carbocycles. The van der Waals surface area contributed by atoms with Gasteiger partial charge in [-0.25, -0.2) is 13.1 Å². The summed E-state index contributed by atoms with van der Waals surface area (Å²) >= 11 is 0. The van der Waals surface area contributed by atoms with Crippen LogP contribution in [0, 0.1) is 5.92 Å². The molecule has 0 bridgehead atoms. The Kier molecular flexibility index (Phi) is 7.92. The van der Waals surface area contributed by atoms with Gasteiger partial charge in [-0.2, -0.15) is 4.31 Å². The standard InChI is InChI=1S/C28H36N6O3S/c1-20(2)17-29-18-21-11-12-25-22(15-21)7-6-10-26(25)33-19-23(31-32-33)16-27-28(35)30-13-14-34(27)38(36,37)24-8-4-3-5-9-24/h3-5,8-9,11-12,15,19-20,26-27,29H,6-7,10,13-14,16-18H2,1-2H3,(H,30,35)/t26-,27?/m1/s1. The van der Waals surface area contributed by atoms with Crippen LogP contribution in [0.25, 0.3) is 0 Å². The van der Waals surface area contributed by atoms with E-state index in [2.05, 4.69) is 53.0 Å². The summed E-state index contributed by atoms with van der Waals surface area (Å²) in [6, 6.07) is 14.1. The number of sulfonamides is 1. The van der Waals surface area contributed by atoms with E-state index in [0.717, 1.165) is 32.4 Å². The quantitative estimate of drug-likeness (QED) is 0.435. The number of piperazine rings is 1. The zero-order chi connectivity index (χ0) is 26.7. The Balaban J connectivity index is 1.33. The van der Waals surface area contributed by atoms with Crippen LogP contribution in [0.15, 0.2) is 59.6 Å². The Bertz CT molecular complexity index is 1370. The predicted molar refractivity (Wildman–Crippen MR) is 145 cm³/mol. The molecule has 1 saturated heterocycles. The Morgan fingerprint density at radius 2 is 1.97 bits per heavy atom. The van der Waals surface area contributed by atoms with Crippen molar-refractivity contribution in [2.75, 3.05) is 19.6 Å². The van der Waals surface area contributed by atoms with Gasteiger partial charge >= 0.3 is 0 Å². The topological polar surface area (TPSA) is 109 Å². The van der Waals surface area contributed by atoms with Crippen LogP contribution in [0.1, 0.15) is 55.1 Å². The number of aryl methyl sites for hydroxylation is 1. The summed E-state index contributed by atoms with van der Waals surface area (Å²) in [6.07, 6.45) is 5.09. The minimum atomic E-state index is -3.82. The smallest absolute Gasteiger partial charge is 0.243 e. The normalized spacial score (nSPS) is 20.3. The number of nitrogens with zero attached hydrogens (tertiary/aromatic N) is 4. The van der Waals surface area contributed by atoms with Gasteiger partial charge in [-0.3, -0.25) is 4.79 Å². The highest BCUT2D eigenvalue weighted by molar-refractivity contribution is 7.89. The lowest BCUT2D eigenvalue weighted by Crippen LogP contribution is -2.57. The van der Waals surface area contributed by atoms with E-state index < -0.39 is 16.1 Å². The molecular formula is C28H36N6O3S. The first-order valence-electron chi connectivity index (χ1n) is 13.4. The largest absolute Gasteiger partial charge is 0.353 e. The molecule has 1 unspecified atom stereocenters. The highest BCUT2D eigenvalue weighted by Crippen LogP contribution is 2.33. The summed E-state index contributed by atoms with van der Waals surface area (Å²) in [4.78, 5) is 13.0. The van der Waals surface area contributed by atoms with Gasteiger partial charge in [-0.05, 0) is 60.5 Å². The lowest BCUT2D eigenvalue weighted by molar-refractivity contribution is -0.126. The Hall–Kier alpha value is -3.08. The van der Waals surface area contributed by atoms with Crippen LogP contribution < -0.4 is 10.6 Å². The molecule has 1 aliphatic heterocycles. The zero-order valence-corrected chi connectivity index (χ0v) is 22.8. The van der Waals surface area contributed by atoms with Crippen LogP contribution in [0.2, 0.25) is 0 Å². The number of hydrogen-bond acceptors (Lipinski definition) is 6. The minimum Gasteiger partial charge on any atom is -0.353 e. The van der Waals surface area contributed by atoms with Gasteiger partial charge in [0.1, 0.15) is 6.04 Å². The molecule has 1 fully saturated rings. The van der Waals surface area contributed by atoms with Crippen LogP contribution in [-0.4, -0.2) is 59.3 Å². The van der Waals surface area contributed by atoms with Crippen molar-refractivity contribution < 1.29 is 13.2 Å². The predicted octanol–water partition coefficient (Wildman–Crippen LogP) is 2.68. The van der Waals surface area contributed by atoms with E-state index in [9.17, 15) is 13.2 Å². The van der Waals surface area contributed by atoms with Gasteiger partial charge in [0, 0.05) is 32.3 Å². The fourth-order valence-corrected chi connectivity index (χ4v) is 7.00. The number of benzene rings is 2. The van der Waals surface area contributed by atoms with Gasteiger partial charge in [0.25, 0.3) is 0 Å². The summed E-state index contributed by atoms with van der Waals surface area (Å²) < 4.78 is 29.9. The van der Waals surface area contributed by atoms with E-state index in [1.54, 1.807) is 30.3 Å². The third-order valence-corrected chi connectivity index (χ3v) is 9.21. The maximum absolute atomic E-state index is 13.3. The molecule has 38 heavy (non-hydrogen) atoms. The van der Waals surface area contributed by atoms with Crippen molar-refractivity contribution in [2.45, 2.75) is 63.1 Å². The number of amides is 1. The van der Waals surface area contributed by atoms with E-state index in [1.807, 2.05) is 10.9 Å². The maximum Gasteiger partial charge on any atom is 0.243 e. The van der Waals surface area contributed by atoms with Crippen molar-refractivity contribution in [2.24, 2.45) is 5.92 Å². The Morgan fingerprint density at radius 1 is 1.16 bits per heavy atom. The van der Waals surface area contributed by atoms with Gasteiger partial charge in [0.2, 0.25) is 15.9 Å². The number of hydrogen-bond donors (Lipinski definition) is 2. The zero-order valence-electron chi connectivity index (χ0n) is 22.0. The molecule has 3 aromatic rings. The first-order chi connectivity index (χ1) is 18.3. The summed E-state index contributed by atoms with van der Waals surface area (Å²) in [7, 11) is -3.82. The van der Waals surface area contributed by atoms with E-state index in [1.165, 1.54) is 21.0 Å². The number of carbonyl (C=O) groups is 1. The summed E-state index contributed by atoms with van der Waals surface area (Å²) in [5.41, 5.74) is 4.48. The van der Waals surface area contributed by atoms with Gasteiger partial charge in [0.15, 0.2) is 0 Å². The number of aromatic nitrogens is 3. The second kappa shape index (κ2) is 11.3. The second-order valence-corrected chi connectivity index (χ2v) is 12.5. The molecule has 1 amide bonds. The van der Waals surface area contributed by atoms with Crippen LogP contribution in [0.3, 0.4) is 0 Å². The fourth-order valence-electron chi connectivity index (χ4n) is 5.39. The molecule has 9 nitrogen and oxygen atoms in total. The first kappa shape index (κ1) is 26.5.